The van der Waals surface area contributed by atoms with Crippen molar-refractivity contribution in [3.05, 3.63) is 59.1 Å². The summed E-state index contributed by atoms with van der Waals surface area (Å²) in [4.78, 5) is 16.5. The van der Waals surface area contributed by atoms with Gasteiger partial charge in [-0.1, -0.05) is 36.0 Å². The van der Waals surface area contributed by atoms with Crippen molar-refractivity contribution in [3.63, 3.8) is 0 Å². The Bertz CT molecular complexity index is 967. The lowest BCUT2D eigenvalue weighted by atomic mass is 10.3. The van der Waals surface area contributed by atoms with Gasteiger partial charge in [-0.05, 0) is 24.3 Å². The molecule has 0 aliphatic heterocycles. The fourth-order valence-electron chi connectivity index (χ4n) is 2.36. The molecule has 0 aliphatic rings. The average Bonchev–Trinajstić information content (AvgIpc) is 3.08. The van der Waals surface area contributed by atoms with Crippen molar-refractivity contribution in [2.75, 3.05) is 5.75 Å². The number of benzene rings is 2. The first-order chi connectivity index (χ1) is 10.8. The largest absolute Gasteiger partial charge is 0.419 e. The molecule has 0 spiro atoms. The number of hydrogen-bond acceptors (Lipinski definition) is 5. The van der Waals surface area contributed by atoms with Gasteiger partial charge in [0.1, 0.15) is 0 Å². The predicted octanol–water partition coefficient (Wildman–Crippen LogP) is 4.00. The first kappa shape index (κ1) is 13.6. The molecular formula is C16H12N2O2S2. The van der Waals surface area contributed by atoms with Crippen LogP contribution in [0.2, 0.25) is 0 Å². The van der Waals surface area contributed by atoms with Crippen molar-refractivity contribution in [2.45, 2.75) is 10.9 Å². The highest BCUT2D eigenvalue weighted by molar-refractivity contribution is 8.01. The SMILES string of the molecule is O=c1oc2ccccc2n1CCSc1nc2ccccc2s1. The van der Waals surface area contributed by atoms with Crippen LogP contribution in [0.3, 0.4) is 0 Å². The summed E-state index contributed by atoms with van der Waals surface area (Å²) in [5.41, 5.74) is 2.51. The van der Waals surface area contributed by atoms with Crippen molar-refractivity contribution in [3.8, 4) is 0 Å². The van der Waals surface area contributed by atoms with Crippen molar-refractivity contribution < 1.29 is 4.42 Å². The standard InChI is InChI=1S/C16H12N2O2S2/c19-16-18(12-6-2-3-7-13(12)20-16)9-10-21-15-17-11-5-1-4-8-14(11)22-15/h1-8H,9-10H2. The first-order valence-electron chi connectivity index (χ1n) is 6.88. The Labute approximate surface area is 134 Å². The molecular weight excluding hydrogens is 316 g/mol. The topological polar surface area (TPSA) is 48.0 Å². The lowest BCUT2D eigenvalue weighted by Crippen LogP contribution is -2.15. The second-order valence-corrected chi connectivity index (χ2v) is 7.16. The Balaban J connectivity index is 1.52. The van der Waals surface area contributed by atoms with Crippen molar-refractivity contribution in [2.24, 2.45) is 0 Å². The van der Waals surface area contributed by atoms with Crippen LogP contribution < -0.4 is 5.76 Å². The van der Waals surface area contributed by atoms with Gasteiger partial charge >= 0.3 is 5.76 Å². The molecule has 2 heterocycles. The van der Waals surface area contributed by atoms with Gasteiger partial charge < -0.3 is 4.42 Å². The fraction of sp³-hybridized carbons (Fsp3) is 0.125. The Morgan fingerprint density at radius 3 is 2.86 bits per heavy atom. The number of fused-ring (bicyclic) bond motifs is 2. The molecule has 4 aromatic rings. The van der Waals surface area contributed by atoms with E-state index in [0.717, 1.165) is 21.1 Å². The normalized spacial score (nSPS) is 11.5. The Morgan fingerprint density at radius 1 is 1.14 bits per heavy atom. The number of thioether (sulfide) groups is 1. The number of nitrogens with zero attached hydrogens (tertiary/aromatic N) is 2. The molecule has 2 aromatic carbocycles. The van der Waals surface area contributed by atoms with Crippen molar-refractivity contribution in [1.29, 1.82) is 0 Å². The van der Waals surface area contributed by atoms with E-state index in [9.17, 15) is 4.79 Å². The van der Waals surface area contributed by atoms with E-state index >= 15 is 0 Å². The Hall–Kier alpha value is -2.05. The highest BCUT2D eigenvalue weighted by Gasteiger charge is 2.09. The van der Waals surface area contributed by atoms with Crippen LogP contribution in [0.5, 0.6) is 0 Å². The minimum atomic E-state index is -0.300. The second-order valence-electron chi connectivity index (χ2n) is 4.78. The van der Waals surface area contributed by atoms with Crippen LogP contribution in [0.15, 0.2) is 62.1 Å². The summed E-state index contributed by atoms with van der Waals surface area (Å²) >= 11 is 3.35. The summed E-state index contributed by atoms with van der Waals surface area (Å²) in [6.45, 7) is 0.608. The molecule has 0 fully saturated rings. The highest BCUT2D eigenvalue weighted by Crippen LogP contribution is 2.29. The number of aryl methyl sites for hydroxylation is 1. The van der Waals surface area contributed by atoms with Gasteiger partial charge in [0.2, 0.25) is 0 Å². The van der Waals surface area contributed by atoms with E-state index in [0.29, 0.717) is 12.1 Å². The molecule has 4 rings (SSSR count). The lowest BCUT2D eigenvalue weighted by Gasteiger charge is -2.00. The molecule has 0 saturated heterocycles. The first-order valence-corrected chi connectivity index (χ1v) is 8.68. The molecule has 0 unspecified atom stereocenters. The zero-order valence-corrected chi connectivity index (χ0v) is 13.2. The monoisotopic (exact) mass is 328 g/mol. The predicted molar refractivity (Wildman–Crippen MR) is 90.8 cm³/mol. The van der Waals surface area contributed by atoms with Gasteiger partial charge in [0.25, 0.3) is 0 Å². The molecule has 0 atom stereocenters. The van der Waals surface area contributed by atoms with E-state index in [1.54, 1.807) is 27.7 Å². The number of hydrogen-bond donors (Lipinski definition) is 0. The second kappa shape index (κ2) is 5.62. The van der Waals surface area contributed by atoms with Gasteiger partial charge in [0, 0.05) is 12.3 Å². The maximum absolute atomic E-state index is 11.9. The van der Waals surface area contributed by atoms with Crippen molar-refractivity contribution >= 4 is 44.4 Å². The minimum Gasteiger partial charge on any atom is -0.408 e. The molecule has 0 N–H and O–H groups in total. The quantitative estimate of drug-likeness (QED) is 0.531. The van der Waals surface area contributed by atoms with Gasteiger partial charge in [0.05, 0.1) is 15.7 Å². The summed E-state index contributed by atoms with van der Waals surface area (Å²) in [5, 5.41) is 0. The average molecular weight is 328 g/mol. The minimum absolute atomic E-state index is 0.300. The summed E-state index contributed by atoms with van der Waals surface area (Å²) in [6, 6.07) is 15.6. The summed E-state index contributed by atoms with van der Waals surface area (Å²) in [6.07, 6.45) is 0. The zero-order valence-electron chi connectivity index (χ0n) is 11.6. The molecule has 0 radical (unpaired) electrons. The van der Waals surface area contributed by atoms with Crippen LogP contribution in [0.4, 0.5) is 0 Å². The summed E-state index contributed by atoms with van der Waals surface area (Å²) < 4.78 is 9.13. The molecule has 0 bridgehead atoms. The van der Waals surface area contributed by atoms with Gasteiger partial charge in [-0.25, -0.2) is 9.78 Å². The molecule has 2 aromatic heterocycles. The van der Waals surface area contributed by atoms with E-state index in [1.165, 1.54) is 4.70 Å². The van der Waals surface area contributed by atoms with E-state index in [2.05, 4.69) is 11.1 Å². The molecule has 0 amide bonds. The van der Waals surface area contributed by atoms with Crippen LogP contribution in [0.1, 0.15) is 0 Å². The highest BCUT2D eigenvalue weighted by atomic mass is 32.2. The maximum Gasteiger partial charge on any atom is 0.419 e. The maximum atomic E-state index is 11.9. The van der Waals surface area contributed by atoms with Crippen LogP contribution in [-0.2, 0) is 6.54 Å². The molecule has 6 heteroatoms. The van der Waals surface area contributed by atoms with Crippen LogP contribution in [-0.4, -0.2) is 15.3 Å². The number of oxazole rings is 1. The number of rotatable bonds is 4. The third-order valence-corrected chi connectivity index (χ3v) is 5.55. The van der Waals surface area contributed by atoms with Gasteiger partial charge in [-0.3, -0.25) is 4.57 Å². The third kappa shape index (κ3) is 2.44. The number of aromatic nitrogens is 2. The van der Waals surface area contributed by atoms with Crippen LogP contribution >= 0.6 is 23.1 Å². The number of para-hydroxylation sites is 3. The molecule has 0 aliphatic carbocycles. The van der Waals surface area contributed by atoms with Gasteiger partial charge in [-0.15, -0.1) is 11.3 Å². The van der Waals surface area contributed by atoms with Crippen LogP contribution in [0.25, 0.3) is 21.3 Å². The Kier molecular flexibility index (Phi) is 3.48. The van der Waals surface area contributed by atoms with Gasteiger partial charge in [0.15, 0.2) is 9.92 Å². The van der Waals surface area contributed by atoms with E-state index in [-0.39, 0.29) is 5.76 Å². The zero-order chi connectivity index (χ0) is 14.9. The third-order valence-electron chi connectivity index (χ3n) is 3.39. The lowest BCUT2D eigenvalue weighted by molar-refractivity contribution is 0.514. The Morgan fingerprint density at radius 2 is 1.95 bits per heavy atom. The fourth-order valence-corrected chi connectivity index (χ4v) is 4.43. The number of thiazole rings is 1. The van der Waals surface area contributed by atoms with Crippen molar-refractivity contribution in [1.82, 2.24) is 9.55 Å². The molecule has 4 nitrogen and oxygen atoms in total. The summed E-state index contributed by atoms with van der Waals surface area (Å²) in [7, 11) is 0. The van der Waals surface area contributed by atoms with Crippen LogP contribution in [0, 0.1) is 0 Å². The smallest absolute Gasteiger partial charge is 0.408 e. The van der Waals surface area contributed by atoms with E-state index in [4.69, 9.17) is 4.42 Å². The molecule has 0 saturated carbocycles. The summed E-state index contributed by atoms with van der Waals surface area (Å²) in [5.74, 6) is 0.481. The van der Waals surface area contributed by atoms with E-state index in [1.807, 2.05) is 42.5 Å². The van der Waals surface area contributed by atoms with Gasteiger partial charge in [-0.2, -0.15) is 0 Å². The molecule has 22 heavy (non-hydrogen) atoms. The molecule has 110 valence electrons. The van der Waals surface area contributed by atoms with E-state index < -0.39 is 0 Å².